The van der Waals surface area contributed by atoms with Gasteiger partial charge in [-0.3, -0.25) is 4.79 Å². The first-order chi connectivity index (χ1) is 12.0. The van der Waals surface area contributed by atoms with Crippen LogP contribution in [0.1, 0.15) is 15.2 Å². The number of carbonyl (C=O) groups excluding carboxylic acids is 1. The maximum Gasteiger partial charge on any atom is 0.281 e. The number of carbonyl (C=O) groups is 1. The molecule has 4 nitrogen and oxygen atoms in total. The van der Waals surface area contributed by atoms with Gasteiger partial charge in [-0.1, -0.05) is 23.7 Å². The molecule has 128 valence electrons. The van der Waals surface area contributed by atoms with Crippen molar-refractivity contribution in [3.05, 3.63) is 68.8 Å². The molecule has 0 saturated carbocycles. The number of aryl methyl sites for hydroxylation is 1. The highest BCUT2D eigenvalue weighted by atomic mass is 35.5. The van der Waals surface area contributed by atoms with Crippen molar-refractivity contribution in [1.82, 2.24) is 4.57 Å². The normalized spacial score (nSPS) is 11.6. The minimum Gasteiger partial charge on any atom is -0.497 e. The summed E-state index contributed by atoms with van der Waals surface area (Å²) < 4.78 is 7.13. The predicted molar refractivity (Wildman–Crippen MR) is 101 cm³/mol. The topological polar surface area (TPSA) is 43.6 Å². The van der Waals surface area contributed by atoms with E-state index in [4.69, 9.17) is 16.3 Å². The average Bonchev–Trinajstić information content (AvgIpc) is 2.89. The zero-order valence-corrected chi connectivity index (χ0v) is 15.7. The van der Waals surface area contributed by atoms with Gasteiger partial charge in [0.15, 0.2) is 4.80 Å². The molecular formula is C19H17ClN2O2S. The number of ether oxygens (including phenoxy) is 1. The molecule has 0 aliphatic heterocycles. The van der Waals surface area contributed by atoms with Gasteiger partial charge in [0.2, 0.25) is 0 Å². The standard InChI is InChI=1S/C19H17ClN2O2S/c1-12-17(13-8-10-14(24-3)11-9-13)22(2)19(25-12)21-18(23)15-6-4-5-7-16(15)20/h4-11H,1-3H3. The van der Waals surface area contributed by atoms with E-state index in [1.807, 2.05) is 42.8 Å². The van der Waals surface area contributed by atoms with Gasteiger partial charge in [0.05, 0.1) is 23.4 Å². The van der Waals surface area contributed by atoms with Crippen LogP contribution in [-0.2, 0) is 7.05 Å². The third kappa shape index (κ3) is 3.52. The highest BCUT2D eigenvalue weighted by molar-refractivity contribution is 7.09. The largest absolute Gasteiger partial charge is 0.497 e. The smallest absolute Gasteiger partial charge is 0.281 e. The van der Waals surface area contributed by atoms with Crippen LogP contribution in [0.5, 0.6) is 5.75 Å². The first kappa shape index (κ1) is 17.5. The summed E-state index contributed by atoms with van der Waals surface area (Å²) in [6.07, 6.45) is 0. The number of halogens is 1. The number of aromatic nitrogens is 1. The number of hydrogen-bond donors (Lipinski definition) is 0. The Morgan fingerprint density at radius 2 is 1.84 bits per heavy atom. The molecule has 0 aliphatic rings. The summed E-state index contributed by atoms with van der Waals surface area (Å²) in [6.45, 7) is 2.02. The first-order valence-electron chi connectivity index (χ1n) is 7.65. The average molecular weight is 373 g/mol. The summed E-state index contributed by atoms with van der Waals surface area (Å²) in [4.78, 5) is 18.4. The van der Waals surface area contributed by atoms with Crippen molar-refractivity contribution in [3.63, 3.8) is 0 Å². The predicted octanol–water partition coefficient (Wildman–Crippen LogP) is 4.47. The van der Waals surface area contributed by atoms with Gasteiger partial charge in [-0.25, -0.2) is 0 Å². The van der Waals surface area contributed by atoms with Crippen molar-refractivity contribution in [2.24, 2.45) is 12.0 Å². The molecule has 0 N–H and O–H groups in total. The zero-order chi connectivity index (χ0) is 18.0. The Morgan fingerprint density at radius 3 is 2.48 bits per heavy atom. The monoisotopic (exact) mass is 372 g/mol. The molecule has 0 spiro atoms. The van der Waals surface area contributed by atoms with Crippen LogP contribution < -0.4 is 9.54 Å². The van der Waals surface area contributed by atoms with E-state index in [1.54, 1.807) is 31.4 Å². The van der Waals surface area contributed by atoms with E-state index in [-0.39, 0.29) is 5.91 Å². The Bertz CT molecular complexity index is 987. The summed E-state index contributed by atoms with van der Waals surface area (Å²) in [5, 5.41) is 0.405. The van der Waals surface area contributed by atoms with Crippen LogP contribution in [0.3, 0.4) is 0 Å². The number of methoxy groups -OCH3 is 1. The van der Waals surface area contributed by atoms with E-state index in [1.165, 1.54) is 11.3 Å². The molecule has 0 unspecified atom stereocenters. The van der Waals surface area contributed by atoms with E-state index in [0.29, 0.717) is 15.4 Å². The third-order valence-corrected chi connectivity index (χ3v) is 5.24. The van der Waals surface area contributed by atoms with Crippen LogP contribution in [-0.4, -0.2) is 17.6 Å². The van der Waals surface area contributed by atoms with Crippen molar-refractivity contribution >= 4 is 28.8 Å². The second-order valence-corrected chi connectivity index (χ2v) is 7.06. The Labute approximate surface area is 155 Å². The van der Waals surface area contributed by atoms with Gasteiger partial charge in [-0.2, -0.15) is 4.99 Å². The molecule has 25 heavy (non-hydrogen) atoms. The Morgan fingerprint density at radius 1 is 1.16 bits per heavy atom. The highest BCUT2D eigenvalue weighted by Gasteiger charge is 2.13. The molecule has 1 aromatic heterocycles. The molecular weight excluding hydrogens is 356 g/mol. The second-order valence-electron chi connectivity index (χ2n) is 5.47. The molecule has 6 heteroatoms. The molecule has 0 aliphatic carbocycles. The summed E-state index contributed by atoms with van der Waals surface area (Å²) in [7, 11) is 3.55. The van der Waals surface area contributed by atoms with Crippen LogP contribution in [0.4, 0.5) is 0 Å². The van der Waals surface area contributed by atoms with Gasteiger partial charge in [0, 0.05) is 11.9 Å². The number of nitrogens with zero attached hydrogens (tertiary/aromatic N) is 2. The van der Waals surface area contributed by atoms with Gasteiger partial charge in [-0.05, 0) is 48.9 Å². The number of thiazole rings is 1. The van der Waals surface area contributed by atoms with E-state index in [0.717, 1.165) is 21.9 Å². The van der Waals surface area contributed by atoms with Gasteiger partial charge < -0.3 is 9.30 Å². The Balaban J connectivity index is 2.04. The minimum atomic E-state index is -0.344. The number of rotatable bonds is 3. The maximum absolute atomic E-state index is 12.5. The lowest BCUT2D eigenvalue weighted by atomic mass is 10.1. The van der Waals surface area contributed by atoms with Crippen molar-refractivity contribution in [2.45, 2.75) is 6.92 Å². The Hall–Kier alpha value is -2.37. The molecule has 0 atom stereocenters. The van der Waals surface area contributed by atoms with E-state index >= 15 is 0 Å². The van der Waals surface area contributed by atoms with Gasteiger partial charge >= 0.3 is 0 Å². The first-order valence-corrected chi connectivity index (χ1v) is 8.85. The molecule has 2 aromatic carbocycles. The van der Waals surface area contributed by atoms with Gasteiger partial charge in [-0.15, -0.1) is 11.3 Å². The fraction of sp³-hybridized carbons (Fsp3) is 0.158. The van der Waals surface area contributed by atoms with Gasteiger partial charge in [0.25, 0.3) is 5.91 Å². The summed E-state index contributed by atoms with van der Waals surface area (Å²) in [6, 6.07) is 14.7. The zero-order valence-electron chi connectivity index (χ0n) is 14.1. The van der Waals surface area contributed by atoms with E-state index < -0.39 is 0 Å². The highest BCUT2D eigenvalue weighted by Crippen LogP contribution is 2.26. The van der Waals surface area contributed by atoms with Crippen LogP contribution in [0, 0.1) is 6.92 Å². The quantitative estimate of drug-likeness (QED) is 0.681. The lowest BCUT2D eigenvalue weighted by molar-refractivity contribution is 0.0998. The van der Waals surface area contributed by atoms with Gasteiger partial charge in [0.1, 0.15) is 5.75 Å². The fourth-order valence-electron chi connectivity index (χ4n) is 2.61. The van der Waals surface area contributed by atoms with E-state index in [2.05, 4.69) is 4.99 Å². The number of hydrogen-bond acceptors (Lipinski definition) is 3. The van der Waals surface area contributed by atoms with Crippen LogP contribution in [0.15, 0.2) is 53.5 Å². The lowest BCUT2D eigenvalue weighted by Crippen LogP contribution is -2.14. The second kappa shape index (κ2) is 7.25. The molecule has 0 saturated heterocycles. The fourth-order valence-corrected chi connectivity index (χ4v) is 3.81. The Kier molecular flexibility index (Phi) is 5.06. The minimum absolute atomic E-state index is 0.344. The van der Waals surface area contributed by atoms with Crippen LogP contribution in [0.25, 0.3) is 11.3 Å². The van der Waals surface area contributed by atoms with Crippen LogP contribution >= 0.6 is 22.9 Å². The third-order valence-electron chi connectivity index (χ3n) is 3.87. The molecule has 1 heterocycles. The summed E-state index contributed by atoms with van der Waals surface area (Å²) in [5.74, 6) is 0.460. The molecule has 0 fully saturated rings. The van der Waals surface area contributed by atoms with Crippen molar-refractivity contribution < 1.29 is 9.53 Å². The van der Waals surface area contributed by atoms with Crippen molar-refractivity contribution in [3.8, 4) is 17.0 Å². The lowest BCUT2D eigenvalue weighted by Gasteiger charge is -2.06. The van der Waals surface area contributed by atoms with Crippen LogP contribution in [0.2, 0.25) is 5.02 Å². The SMILES string of the molecule is COc1ccc(-c2c(C)sc(=NC(=O)c3ccccc3Cl)n2C)cc1. The summed E-state index contributed by atoms with van der Waals surface area (Å²) >= 11 is 7.57. The number of amides is 1. The maximum atomic E-state index is 12.5. The van der Waals surface area contributed by atoms with Crippen molar-refractivity contribution in [1.29, 1.82) is 0 Å². The molecule has 0 radical (unpaired) electrons. The van der Waals surface area contributed by atoms with E-state index in [9.17, 15) is 4.79 Å². The molecule has 0 bridgehead atoms. The molecule has 3 rings (SSSR count). The molecule has 3 aromatic rings. The molecule has 1 amide bonds. The van der Waals surface area contributed by atoms with Crippen molar-refractivity contribution in [2.75, 3.05) is 7.11 Å². The number of benzene rings is 2. The summed E-state index contributed by atoms with van der Waals surface area (Å²) in [5.41, 5.74) is 2.48.